The molecule has 0 aliphatic heterocycles. The van der Waals surface area contributed by atoms with Crippen LogP contribution in [-0.2, 0) is 6.42 Å². The highest BCUT2D eigenvalue weighted by atomic mass is 14.9. The fourth-order valence-electron chi connectivity index (χ4n) is 2.85. The minimum atomic E-state index is 0.765. The molecule has 1 heteroatoms. The Balaban J connectivity index is 1.80. The van der Waals surface area contributed by atoms with Gasteiger partial charge in [0, 0.05) is 6.04 Å². The van der Waals surface area contributed by atoms with Crippen molar-refractivity contribution < 1.29 is 0 Å². The average Bonchev–Trinajstić information content (AvgIpc) is 3.07. The summed E-state index contributed by atoms with van der Waals surface area (Å²) in [6.45, 7) is 4.38. The molecule has 1 fully saturated rings. The van der Waals surface area contributed by atoms with Gasteiger partial charge in [-0.25, -0.2) is 0 Å². The van der Waals surface area contributed by atoms with Crippen LogP contribution in [0, 0.1) is 19.8 Å². The molecule has 0 heterocycles. The fraction of sp³-hybridized carbons (Fsp3) is 0.625. The van der Waals surface area contributed by atoms with E-state index < -0.39 is 0 Å². The summed E-state index contributed by atoms with van der Waals surface area (Å²) < 4.78 is 0. The van der Waals surface area contributed by atoms with E-state index >= 15 is 0 Å². The Morgan fingerprint density at radius 2 is 1.82 bits per heavy atom. The molecule has 1 nitrogen and oxygen atoms in total. The van der Waals surface area contributed by atoms with Gasteiger partial charge in [-0.15, -0.1) is 0 Å². The van der Waals surface area contributed by atoms with E-state index in [9.17, 15) is 0 Å². The quantitative estimate of drug-likeness (QED) is 0.788. The number of hydrogen-bond donors (Lipinski definition) is 1. The first-order valence-electron chi connectivity index (χ1n) is 6.93. The minimum absolute atomic E-state index is 0.765. The van der Waals surface area contributed by atoms with Crippen molar-refractivity contribution in [2.45, 2.75) is 52.0 Å². The maximum Gasteiger partial charge on any atom is 0.00924 e. The van der Waals surface area contributed by atoms with Crippen molar-refractivity contribution in [3.05, 3.63) is 34.9 Å². The first kappa shape index (κ1) is 12.6. The van der Waals surface area contributed by atoms with Crippen LogP contribution in [0.5, 0.6) is 0 Å². The molecule has 0 spiro atoms. The van der Waals surface area contributed by atoms with Crippen LogP contribution >= 0.6 is 0 Å². The molecular formula is C16H25N. The number of aryl methyl sites for hydroxylation is 3. The molecule has 1 saturated carbocycles. The number of rotatable bonds is 6. The molecule has 2 rings (SSSR count). The third-order valence-corrected chi connectivity index (χ3v) is 3.82. The molecule has 1 unspecified atom stereocenters. The van der Waals surface area contributed by atoms with Gasteiger partial charge in [-0.1, -0.05) is 29.3 Å². The average molecular weight is 231 g/mol. The van der Waals surface area contributed by atoms with Gasteiger partial charge >= 0.3 is 0 Å². The molecule has 94 valence electrons. The lowest BCUT2D eigenvalue weighted by Crippen LogP contribution is -2.27. The zero-order chi connectivity index (χ0) is 12.3. The molecule has 1 atom stereocenters. The van der Waals surface area contributed by atoms with Crippen molar-refractivity contribution in [2.24, 2.45) is 5.92 Å². The molecule has 1 N–H and O–H groups in total. The third-order valence-electron chi connectivity index (χ3n) is 3.82. The predicted molar refractivity (Wildman–Crippen MR) is 74.4 cm³/mol. The van der Waals surface area contributed by atoms with E-state index in [1.807, 2.05) is 0 Å². The molecule has 1 aliphatic rings. The second kappa shape index (κ2) is 5.68. The first-order chi connectivity index (χ1) is 8.19. The van der Waals surface area contributed by atoms with Crippen LogP contribution < -0.4 is 5.32 Å². The van der Waals surface area contributed by atoms with Crippen LogP contribution in [0.3, 0.4) is 0 Å². The van der Waals surface area contributed by atoms with Gasteiger partial charge in [0.1, 0.15) is 0 Å². The van der Waals surface area contributed by atoms with Crippen LogP contribution in [0.2, 0.25) is 0 Å². The molecule has 0 aromatic heterocycles. The SMILES string of the molecule is CNC(CCCc1cc(C)cc(C)c1)C1CC1. The summed E-state index contributed by atoms with van der Waals surface area (Å²) in [6, 6.07) is 7.68. The summed E-state index contributed by atoms with van der Waals surface area (Å²) in [5, 5.41) is 3.47. The lowest BCUT2D eigenvalue weighted by molar-refractivity contribution is 0.456. The lowest BCUT2D eigenvalue weighted by atomic mass is 9.99. The Morgan fingerprint density at radius 3 is 2.35 bits per heavy atom. The van der Waals surface area contributed by atoms with Crippen molar-refractivity contribution in [2.75, 3.05) is 7.05 Å². The van der Waals surface area contributed by atoms with Gasteiger partial charge in [0.25, 0.3) is 0 Å². The van der Waals surface area contributed by atoms with Crippen LogP contribution in [0.1, 0.15) is 42.4 Å². The molecule has 0 radical (unpaired) electrons. The zero-order valence-corrected chi connectivity index (χ0v) is 11.4. The van der Waals surface area contributed by atoms with Gasteiger partial charge in [-0.3, -0.25) is 0 Å². The largest absolute Gasteiger partial charge is 0.317 e. The lowest BCUT2D eigenvalue weighted by Gasteiger charge is -2.15. The highest BCUT2D eigenvalue weighted by molar-refractivity contribution is 5.28. The Bertz CT molecular complexity index is 346. The van der Waals surface area contributed by atoms with Gasteiger partial charge in [0.15, 0.2) is 0 Å². The van der Waals surface area contributed by atoms with Gasteiger partial charge in [0.05, 0.1) is 0 Å². The van der Waals surface area contributed by atoms with E-state index in [4.69, 9.17) is 0 Å². The number of nitrogens with one attached hydrogen (secondary N) is 1. The maximum absolute atomic E-state index is 3.47. The van der Waals surface area contributed by atoms with E-state index in [1.54, 1.807) is 0 Å². The first-order valence-corrected chi connectivity index (χ1v) is 6.93. The van der Waals surface area contributed by atoms with Gasteiger partial charge in [-0.2, -0.15) is 0 Å². The van der Waals surface area contributed by atoms with E-state index in [0.29, 0.717) is 0 Å². The summed E-state index contributed by atoms with van der Waals surface area (Å²) in [4.78, 5) is 0. The number of hydrogen-bond acceptors (Lipinski definition) is 1. The highest BCUT2D eigenvalue weighted by Gasteiger charge is 2.29. The van der Waals surface area contributed by atoms with Gasteiger partial charge in [-0.05, 0) is 64.5 Å². The Hall–Kier alpha value is -0.820. The summed E-state index contributed by atoms with van der Waals surface area (Å²) in [5.41, 5.74) is 4.30. The Labute approximate surface area is 106 Å². The molecular weight excluding hydrogens is 206 g/mol. The van der Waals surface area contributed by atoms with Crippen LogP contribution in [-0.4, -0.2) is 13.1 Å². The van der Waals surface area contributed by atoms with E-state index in [-0.39, 0.29) is 0 Å². The van der Waals surface area contributed by atoms with Crippen molar-refractivity contribution in [1.82, 2.24) is 5.32 Å². The third kappa shape index (κ3) is 3.85. The monoisotopic (exact) mass is 231 g/mol. The molecule has 1 aromatic rings. The van der Waals surface area contributed by atoms with Crippen LogP contribution in [0.25, 0.3) is 0 Å². The van der Waals surface area contributed by atoms with Crippen LogP contribution in [0.15, 0.2) is 18.2 Å². The molecule has 1 aromatic carbocycles. The molecule has 17 heavy (non-hydrogen) atoms. The van der Waals surface area contributed by atoms with Gasteiger partial charge < -0.3 is 5.32 Å². The topological polar surface area (TPSA) is 12.0 Å². The zero-order valence-electron chi connectivity index (χ0n) is 11.4. The predicted octanol–water partition coefficient (Wildman–Crippen LogP) is 3.62. The molecule has 0 amide bonds. The second-order valence-electron chi connectivity index (χ2n) is 5.62. The molecule has 1 aliphatic carbocycles. The summed E-state index contributed by atoms with van der Waals surface area (Å²) in [7, 11) is 2.11. The summed E-state index contributed by atoms with van der Waals surface area (Å²) >= 11 is 0. The Morgan fingerprint density at radius 1 is 1.18 bits per heavy atom. The normalized spacial score (nSPS) is 17.1. The van der Waals surface area contributed by atoms with E-state index in [1.165, 1.54) is 48.8 Å². The highest BCUT2D eigenvalue weighted by Crippen LogP contribution is 2.34. The van der Waals surface area contributed by atoms with Crippen LogP contribution in [0.4, 0.5) is 0 Å². The van der Waals surface area contributed by atoms with Gasteiger partial charge in [0.2, 0.25) is 0 Å². The summed E-state index contributed by atoms with van der Waals surface area (Å²) in [6.07, 6.45) is 6.75. The van der Waals surface area contributed by atoms with Crippen molar-refractivity contribution in [3.63, 3.8) is 0 Å². The molecule has 0 saturated heterocycles. The van der Waals surface area contributed by atoms with E-state index in [2.05, 4.69) is 44.4 Å². The smallest absolute Gasteiger partial charge is 0.00924 e. The standard InChI is InChI=1S/C16H25N/c1-12-9-13(2)11-14(10-12)5-4-6-16(17-3)15-7-8-15/h9-11,15-17H,4-8H2,1-3H3. The van der Waals surface area contributed by atoms with Crippen molar-refractivity contribution in [3.8, 4) is 0 Å². The Kier molecular flexibility index (Phi) is 4.22. The van der Waals surface area contributed by atoms with E-state index in [0.717, 1.165) is 12.0 Å². The second-order valence-corrected chi connectivity index (χ2v) is 5.62. The van der Waals surface area contributed by atoms with Crippen molar-refractivity contribution in [1.29, 1.82) is 0 Å². The molecule has 0 bridgehead atoms. The maximum atomic E-state index is 3.47. The summed E-state index contributed by atoms with van der Waals surface area (Å²) in [5.74, 6) is 0.972. The minimum Gasteiger partial charge on any atom is -0.317 e. The van der Waals surface area contributed by atoms with Crippen molar-refractivity contribution >= 4 is 0 Å². The fourth-order valence-corrected chi connectivity index (χ4v) is 2.85. The number of benzene rings is 1.